The van der Waals surface area contributed by atoms with E-state index < -0.39 is 18.1 Å². The second-order valence-corrected chi connectivity index (χ2v) is 7.49. The van der Waals surface area contributed by atoms with E-state index in [1.807, 2.05) is 18.2 Å². The minimum absolute atomic E-state index is 0.207. The van der Waals surface area contributed by atoms with E-state index in [0.717, 1.165) is 17.7 Å². The van der Waals surface area contributed by atoms with Crippen molar-refractivity contribution in [3.63, 3.8) is 0 Å². The van der Waals surface area contributed by atoms with Crippen LogP contribution in [0.3, 0.4) is 0 Å². The van der Waals surface area contributed by atoms with Gasteiger partial charge in [-0.3, -0.25) is 0 Å². The molecule has 3 aromatic carbocycles. The second kappa shape index (κ2) is 11.4. The van der Waals surface area contributed by atoms with Crippen LogP contribution in [0, 0.1) is 0 Å². The minimum atomic E-state index is -4.78. The average molecular weight is 499 g/mol. The summed E-state index contributed by atoms with van der Waals surface area (Å²) in [4.78, 5) is 0. The molecule has 0 radical (unpaired) electrons. The predicted octanol–water partition coefficient (Wildman–Crippen LogP) is 5.82. The van der Waals surface area contributed by atoms with Crippen molar-refractivity contribution in [1.82, 2.24) is 16.0 Å². The van der Waals surface area contributed by atoms with Crippen molar-refractivity contribution in [3.05, 3.63) is 95.1 Å². The monoisotopic (exact) mass is 499 g/mol. The largest absolute Gasteiger partial charge is 0.573 e. The fraction of sp³-hybridized carbons (Fsp3) is 0.250. The molecule has 0 aliphatic heterocycles. The normalized spacial score (nSPS) is 12.1. The van der Waals surface area contributed by atoms with Gasteiger partial charge in [-0.2, -0.15) is 18.3 Å². The molecule has 0 saturated heterocycles. The fourth-order valence-corrected chi connectivity index (χ4v) is 3.11. The van der Waals surface area contributed by atoms with Crippen LogP contribution in [0.4, 0.5) is 26.3 Å². The van der Waals surface area contributed by atoms with Crippen LogP contribution in [0.2, 0.25) is 0 Å². The highest BCUT2D eigenvalue weighted by molar-refractivity contribution is 5.29. The number of ether oxygens (including phenoxy) is 2. The lowest BCUT2D eigenvalue weighted by atomic mass is 10.1. The molecule has 0 saturated carbocycles. The van der Waals surface area contributed by atoms with Crippen LogP contribution in [-0.2, 0) is 25.8 Å². The van der Waals surface area contributed by atoms with Crippen LogP contribution in [0.15, 0.2) is 72.8 Å². The van der Waals surface area contributed by atoms with Crippen molar-refractivity contribution in [2.24, 2.45) is 0 Å². The van der Waals surface area contributed by atoms with Gasteiger partial charge in [0.25, 0.3) is 0 Å². The maximum atomic E-state index is 12.8. The molecule has 3 rings (SSSR count). The van der Waals surface area contributed by atoms with Crippen molar-refractivity contribution in [3.8, 4) is 11.5 Å². The Balaban J connectivity index is 1.68. The van der Waals surface area contributed by atoms with Gasteiger partial charge >= 0.3 is 12.5 Å². The number of methoxy groups -OCH3 is 1. The van der Waals surface area contributed by atoms with Crippen LogP contribution >= 0.6 is 0 Å². The predicted molar refractivity (Wildman–Crippen MR) is 117 cm³/mol. The lowest BCUT2D eigenvalue weighted by Gasteiger charge is -2.25. The molecule has 2 N–H and O–H groups in total. The molecular weight excluding hydrogens is 476 g/mol. The number of hydrogen-bond acceptors (Lipinski definition) is 5. The standard InChI is InChI=1S/C24H23F6N3O2/c1-34-22-4-2-3-19(13-22)15-32-33(16-18-7-11-21(12-8-18)35-24(28,29)30)31-14-17-5-9-20(10-6-17)23(25,26)27/h2-13,31-32H,14-16H2,1H3. The van der Waals surface area contributed by atoms with E-state index in [2.05, 4.69) is 15.6 Å². The molecule has 0 aliphatic carbocycles. The van der Waals surface area contributed by atoms with E-state index in [0.29, 0.717) is 23.4 Å². The first kappa shape index (κ1) is 26.3. The summed E-state index contributed by atoms with van der Waals surface area (Å²) in [6.45, 7) is 0.821. The number of nitrogens with one attached hydrogen (secondary N) is 2. The summed E-state index contributed by atoms with van der Waals surface area (Å²) in [6, 6.07) is 17.5. The van der Waals surface area contributed by atoms with E-state index in [-0.39, 0.29) is 18.8 Å². The van der Waals surface area contributed by atoms with Gasteiger partial charge in [0.1, 0.15) is 11.5 Å². The number of alkyl halides is 6. The lowest BCUT2D eigenvalue weighted by molar-refractivity contribution is -0.274. The third kappa shape index (κ3) is 8.78. The molecule has 0 aromatic heterocycles. The molecule has 0 unspecified atom stereocenters. The molecular formula is C24H23F6N3O2. The van der Waals surface area contributed by atoms with Crippen LogP contribution in [0.25, 0.3) is 0 Å². The Kier molecular flexibility index (Phi) is 8.60. The highest BCUT2D eigenvalue weighted by atomic mass is 19.4. The van der Waals surface area contributed by atoms with Gasteiger partial charge in [0, 0.05) is 13.1 Å². The third-order valence-electron chi connectivity index (χ3n) is 4.86. The third-order valence-corrected chi connectivity index (χ3v) is 4.86. The van der Waals surface area contributed by atoms with Crippen molar-refractivity contribution in [2.45, 2.75) is 32.2 Å². The highest BCUT2D eigenvalue weighted by Gasteiger charge is 2.31. The van der Waals surface area contributed by atoms with Crippen LogP contribution in [0.1, 0.15) is 22.3 Å². The summed E-state index contributed by atoms with van der Waals surface area (Å²) in [5.41, 5.74) is 7.70. The Morgan fingerprint density at radius 1 is 0.714 bits per heavy atom. The SMILES string of the molecule is COc1cccc(CNN(Cc2ccc(OC(F)(F)F)cc2)NCc2ccc(C(F)(F)F)cc2)c1. The number of nitrogens with zero attached hydrogens (tertiary/aromatic N) is 1. The molecule has 35 heavy (non-hydrogen) atoms. The van der Waals surface area contributed by atoms with Crippen molar-refractivity contribution in [2.75, 3.05) is 7.11 Å². The number of rotatable bonds is 10. The zero-order chi connectivity index (χ0) is 25.5. The topological polar surface area (TPSA) is 45.8 Å². The molecule has 0 heterocycles. The summed E-state index contributed by atoms with van der Waals surface area (Å²) in [6.07, 6.45) is -9.20. The van der Waals surface area contributed by atoms with E-state index in [9.17, 15) is 26.3 Å². The van der Waals surface area contributed by atoms with Crippen molar-refractivity contribution in [1.29, 1.82) is 0 Å². The minimum Gasteiger partial charge on any atom is -0.497 e. The van der Waals surface area contributed by atoms with Gasteiger partial charge in [-0.25, -0.2) is 10.9 Å². The molecule has 0 aliphatic rings. The molecule has 0 spiro atoms. The van der Waals surface area contributed by atoms with Gasteiger partial charge in [0.05, 0.1) is 19.2 Å². The van der Waals surface area contributed by atoms with E-state index in [4.69, 9.17) is 4.74 Å². The maximum absolute atomic E-state index is 12.8. The number of halogens is 6. The van der Waals surface area contributed by atoms with E-state index in [1.165, 1.54) is 36.4 Å². The first-order valence-corrected chi connectivity index (χ1v) is 10.4. The summed E-state index contributed by atoms with van der Waals surface area (Å²) < 4.78 is 84.7. The Hall–Kier alpha value is -3.28. The van der Waals surface area contributed by atoms with Crippen LogP contribution in [-0.4, -0.2) is 18.6 Å². The smallest absolute Gasteiger partial charge is 0.497 e. The van der Waals surface area contributed by atoms with Gasteiger partial charge in [-0.1, -0.05) is 36.4 Å². The van der Waals surface area contributed by atoms with E-state index in [1.54, 1.807) is 18.3 Å². The maximum Gasteiger partial charge on any atom is 0.573 e. The highest BCUT2D eigenvalue weighted by Crippen LogP contribution is 2.29. The average Bonchev–Trinajstić information content (AvgIpc) is 2.81. The zero-order valence-electron chi connectivity index (χ0n) is 18.6. The Bertz CT molecular complexity index is 1070. The van der Waals surface area contributed by atoms with Gasteiger partial charge in [-0.05, 0) is 53.1 Å². The van der Waals surface area contributed by atoms with E-state index >= 15 is 0 Å². The zero-order valence-corrected chi connectivity index (χ0v) is 18.6. The molecule has 0 atom stereocenters. The Labute approximate surface area is 198 Å². The fourth-order valence-electron chi connectivity index (χ4n) is 3.11. The van der Waals surface area contributed by atoms with Crippen LogP contribution in [0.5, 0.6) is 11.5 Å². The molecule has 0 amide bonds. The lowest BCUT2D eigenvalue weighted by Crippen LogP contribution is -2.46. The summed E-state index contributed by atoms with van der Waals surface area (Å²) in [5.74, 6) is 0.337. The quantitative estimate of drug-likeness (QED) is 0.272. The number of hydrazine groups is 2. The molecule has 0 fully saturated rings. The van der Waals surface area contributed by atoms with Gasteiger partial charge in [-0.15, -0.1) is 13.2 Å². The van der Waals surface area contributed by atoms with Gasteiger partial charge in [0.2, 0.25) is 0 Å². The molecule has 11 heteroatoms. The summed E-state index contributed by atoms with van der Waals surface area (Å²) in [7, 11) is 1.55. The molecule has 5 nitrogen and oxygen atoms in total. The van der Waals surface area contributed by atoms with Crippen molar-refractivity contribution < 1.29 is 35.8 Å². The van der Waals surface area contributed by atoms with Gasteiger partial charge in [0.15, 0.2) is 0 Å². The van der Waals surface area contributed by atoms with Crippen molar-refractivity contribution >= 4 is 0 Å². The Morgan fingerprint density at radius 3 is 1.89 bits per heavy atom. The molecule has 0 bridgehead atoms. The molecule has 3 aromatic rings. The molecule has 188 valence electrons. The summed E-state index contributed by atoms with van der Waals surface area (Å²) in [5, 5.41) is 1.61. The Morgan fingerprint density at radius 2 is 1.31 bits per heavy atom. The summed E-state index contributed by atoms with van der Waals surface area (Å²) >= 11 is 0. The van der Waals surface area contributed by atoms with Gasteiger partial charge < -0.3 is 9.47 Å². The second-order valence-electron chi connectivity index (χ2n) is 7.49. The number of benzene rings is 3. The number of hydrogen-bond donors (Lipinski definition) is 2. The first-order valence-electron chi connectivity index (χ1n) is 10.4. The van der Waals surface area contributed by atoms with Crippen LogP contribution < -0.4 is 20.3 Å². The first-order chi connectivity index (χ1) is 16.5.